The Bertz CT molecular complexity index is 1130. The van der Waals surface area contributed by atoms with Gasteiger partial charge in [0.1, 0.15) is 0 Å². The zero-order chi connectivity index (χ0) is 24.3. The van der Waals surface area contributed by atoms with E-state index in [1.807, 2.05) is 50.1 Å². The van der Waals surface area contributed by atoms with Crippen LogP contribution in [-0.4, -0.2) is 37.2 Å². The molecule has 2 amide bonds. The lowest BCUT2D eigenvalue weighted by Gasteiger charge is -2.23. The average Bonchev–Trinajstić information content (AvgIpc) is 2.92. The van der Waals surface area contributed by atoms with E-state index in [-0.39, 0.29) is 28.6 Å². The van der Waals surface area contributed by atoms with Gasteiger partial charge >= 0.3 is 5.97 Å². The molecule has 0 bridgehead atoms. The van der Waals surface area contributed by atoms with Crippen molar-refractivity contribution in [2.24, 2.45) is 0 Å². The first-order valence-electron chi connectivity index (χ1n) is 10.4. The Morgan fingerprint density at radius 1 is 0.970 bits per heavy atom. The molecule has 8 nitrogen and oxygen atoms in total. The molecule has 8 heteroatoms. The van der Waals surface area contributed by atoms with Crippen LogP contribution in [0.3, 0.4) is 0 Å². The maximum absolute atomic E-state index is 12.6. The molecule has 0 radical (unpaired) electrons. The van der Waals surface area contributed by atoms with Gasteiger partial charge in [0.25, 0.3) is 0 Å². The Morgan fingerprint density at radius 2 is 1.55 bits per heavy atom. The first kappa shape index (κ1) is 23.7. The Balaban J connectivity index is 1.75. The van der Waals surface area contributed by atoms with Gasteiger partial charge in [0, 0.05) is 55.1 Å². The molecule has 1 aliphatic heterocycles. The largest absolute Gasteiger partial charge is 0.454 e. The molecular weight excluding hydrogens is 422 g/mol. The smallest absolute Gasteiger partial charge is 0.338 e. The highest BCUT2D eigenvalue weighted by molar-refractivity contribution is 5.99. The van der Waals surface area contributed by atoms with Crippen molar-refractivity contribution in [3.63, 3.8) is 0 Å². The zero-order valence-corrected chi connectivity index (χ0v) is 19.3. The molecule has 2 N–H and O–H groups in total. The molecule has 2 aromatic carbocycles. The summed E-state index contributed by atoms with van der Waals surface area (Å²) in [5.74, 6) is -1.77. The lowest BCUT2D eigenvalue weighted by atomic mass is 9.83. The highest BCUT2D eigenvalue weighted by Gasteiger charge is 2.38. The Hall–Kier alpha value is -3.94. The first-order valence-corrected chi connectivity index (χ1v) is 10.4. The molecule has 0 fully saturated rings. The number of carbonyl (C=O) groups excluding carboxylic acids is 4. The van der Waals surface area contributed by atoms with Crippen molar-refractivity contribution >= 4 is 40.6 Å². The fourth-order valence-corrected chi connectivity index (χ4v) is 3.97. The topological polar surface area (TPSA) is 105 Å². The maximum atomic E-state index is 12.6. The van der Waals surface area contributed by atoms with Crippen LogP contribution in [0.5, 0.6) is 0 Å². The fraction of sp³-hybridized carbons (Fsp3) is 0.280. The third-order valence-corrected chi connectivity index (χ3v) is 5.39. The van der Waals surface area contributed by atoms with Gasteiger partial charge in [-0.2, -0.15) is 0 Å². The van der Waals surface area contributed by atoms with Crippen LogP contribution >= 0.6 is 0 Å². The van der Waals surface area contributed by atoms with E-state index in [2.05, 4.69) is 10.6 Å². The predicted octanol–water partition coefficient (Wildman–Crippen LogP) is 3.64. The van der Waals surface area contributed by atoms with Gasteiger partial charge in [-0.05, 0) is 29.8 Å². The number of amides is 2. The van der Waals surface area contributed by atoms with Crippen LogP contribution in [0.15, 0.2) is 54.2 Å². The third-order valence-electron chi connectivity index (χ3n) is 5.39. The minimum Gasteiger partial charge on any atom is -0.454 e. The second kappa shape index (κ2) is 9.28. The van der Waals surface area contributed by atoms with E-state index in [0.29, 0.717) is 11.4 Å². The summed E-state index contributed by atoms with van der Waals surface area (Å²) in [6.45, 7) is 6.29. The summed E-state index contributed by atoms with van der Waals surface area (Å²) in [6.07, 6.45) is 1.50. The van der Waals surface area contributed by atoms with Gasteiger partial charge in [-0.1, -0.05) is 32.0 Å². The number of ether oxygens (including phenoxy) is 1. The standard InChI is InChI=1S/C25H27N3O5/c1-15(29)26-18-10-17(11-19(12-18)27-16(2)30)24(32)33-14-20(31)13-23-25(3,4)21-8-6-7-9-22(21)28(23)5/h6-13H,14H2,1-5H3,(H,26,29)(H,27,30)/b23-13-. The first-order chi connectivity index (χ1) is 15.5. The lowest BCUT2D eigenvalue weighted by molar-refractivity contribution is -0.117. The van der Waals surface area contributed by atoms with Crippen LogP contribution in [0.25, 0.3) is 0 Å². The van der Waals surface area contributed by atoms with E-state index in [0.717, 1.165) is 16.9 Å². The molecular formula is C25H27N3O5. The summed E-state index contributed by atoms with van der Waals surface area (Å²) in [6, 6.07) is 12.3. The Morgan fingerprint density at radius 3 is 2.09 bits per heavy atom. The molecule has 1 heterocycles. The zero-order valence-electron chi connectivity index (χ0n) is 19.3. The number of anilines is 3. The van der Waals surface area contributed by atoms with Crippen molar-refractivity contribution in [2.75, 3.05) is 29.2 Å². The summed E-state index contributed by atoms with van der Waals surface area (Å²) >= 11 is 0. The minimum atomic E-state index is -0.747. The van der Waals surface area contributed by atoms with Crippen molar-refractivity contribution < 1.29 is 23.9 Å². The highest BCUT2D eigenvalue weighted by atomic mass is 16.5. The molecule has 0 unspecified atom stereocenters. The average molecular weight is 450 g/mol. The number of nitrogens with one attached hydrogen (secondary N) is 2. The number of fused-ring (bicyclic) bond motifs is 1. The van der Waals surface area contributed by atoms with Gasteiger partial charge < -0.3 is 20.3 Å². The summed E-state index contributed by atoms with van der Waals surface area (Å²) in [5, 5.41) is 5.14. The number of nitrogens with zero attached hydrogens (tertiary/aromatic N) is 1. The van der Waals surface area contributed by atoms with E-state index >= 15 is 0 Å². The summed E-state index contributed by atoms with van der Waals surface area (Å²) in [5.41, 5.74) is 3.32. The van der Waals surface area contributed by atoms with Crippen LogP contribution in [0, 0.1) is 0 Å². The molecule has 0 aromatic heterocycles. The van der Waals surface area contributed by atoms with E-state index in [4.69, 9.17) is 4.74 Å². The lowest BCUT2D eigenvalue weighted by Crippen LogP contribution is -2.25. The Labute approximate surface area is 192 Å². The van der Waals surface area contributed by atoms with Crippen LogP contribution in [0.1, 0.15) is 43.6 Å². The predicted molar refractivity (Wildman–Crippen MR) is 126 cm³/mol. The van der Waals surface area contributed by atoms with Crippen LogP contribution in [0.4, 0.5) is 17.1 Å². The van der Waals surface area contributed by atoms with Crippen molar-refractivity contribution in [1.82, 2.24) is 0 Å². The quantitative estimate of drug-likeness (QED) is 0.515. The SMILES string of the molecule is CC(=O)Nc1cc(NC(C)=O)cc(C(=O)OCC(=O)/C=C2\N(C)c3ccccc3C2(C)C)c1. The number of benzene rings is 2. The van der Waals surface area contributed by atoms with Crippen LogP contribution < -0.4 is 15.5 Å². The number of hydrogen-bond donors (Lipinski definition) is 2. The number of carbonyl (C=O) groups is 4. The molecule has 33 heavy (non-hydrogen) atoms. The number of hydrogen-bond acceptors (Lipinski definition) is 6. The Kier molecular flexibility index (Phi) is 6.67. The van der Waals surface area contributed by atoms with E-state index in [1.54, 1.807) is 0 Å². The second-order valence-corrected chi connectivity index (χ2v) is 8.43. The molecule has 0 saturated carbocycles. The van der Waals surface area contributed by atoms with E-state index in [9.17, 15) is 19.2 Å². The van der Waals surface area contributed by atoms with Gasteiger partial charge in [-0.3, -0.25) is 14.4 Å². The molecule has 0 aliphatic carbocycles. The molecule has 1 aliphatic rings. The number of esters is 1. The molecule has 0 saturated heterocycles. The monoisotopic (exact) mass is 449 g/mol. The normalized spacial score (nSPS) is 15.1. The number of ketones is 1. The number of likely N-dealkylation sites (N-methyl/N-ethyl adjacent to an activating group) is 1. The number of para-hydroxylation sites is 1. The van der Waals surface area contributed by atoms with Crippen molar-refractivity contribution in [1.29, 1.82) is 0 Å². The molecule has 0 spiro atoms. The van der Waals surface area contributed by atoms with Crippen molar-refractivity contribution in [3.8, 4) is 0 Å². The molecule has 3 rings (SSSR count). The second-order valence-electron chi connectivity index (χ2n) is 8.43. The summed E-state index contributed by atoms with van der Waals surface area (Å²) in [7, 11) is 1.90. The van der Waals surface area contributed by atoms with Gasteiger partial charge in [-0.25, -0.2) is 4.79 Å². The highest BCUT2D eigenvalue weighted by Crippen LogP contribution is 2.46. The summed E-state index contributed by atoms with van der Waals surface area (Å²) in [4.78, 5) is 50.0. The van der Waals surface area contributed by atoms with Crippen molar-refractivity contribution in [2.45, 2.75) is 33.1 Å². The van der Waals surface area contributed by atoms with Gasteiger partial charge in [0.15, 0.2) is 12.4 Å². The van der Waals surface area contributed by atoms with E-state index in [1.165, 1.54) is 38.1 Å². The van der Waals surface area contributed by atoms with Gasteiger partial charge in [0.2, 0.25) is 11.8 Å². The van der Waals surface area contributed by atoms with Crippen LogP contribution in [-0.2, 0) is 24.5 Å². The van der Waals surface area contributed by atoms with Crippen molar-refractivity contribution in [3.05, 3.63) is 65.4 Å². The number of allylic oxidation sites excluding steroid dienone is 1. The fourth-order valence-electron chi connectivity index (χ4n) is 3.97. The van der Waals surface area contributed by atoms with Crippen LogP contribution in [0.2, 0.25) is 0 Å². The molecule has 172 valence electrons. The van der Waals surface area contributed by atoms with E-state index < -0.39 is 12.6 Å². The van der Waals surface area contributed by atoms with Gasteiger partial charge in [0.05, 0.1) is 5.56 Å². The maximum Gasteiger partial charge on any atom is 0.338 e. The molecule has 2 aromatic rings. The van der Waals surface area contributed by atoms with Gasteiger partial charge in [-0.15, -0.1) is 0 Å². The minimum absolute atomic E-state index is 0.0937. The number of rotatable bonds is 6. The molecule has 0 atom stereocenters. The summed E-state index contributed by atoms with van der Waals surface area (Å²) < 4.78 is 5.22. The third kappa shape index (κ3) is 5.28.